The normalized spacial score (nSPS) is 9.73. The van der Waals surface area contributed by atoms with E-state index in [0.29, 0.717) is 33.3 Å². The van der Waals surface area contributed by atoms with E-state index in [2.05, 4.69) is 5.32 Å². The lowest BCUT2D eigenvalue weighted by Crippen LogP contribution is -2.13. The number of methoxy groups -OCH3 is 2. The van der Waals surface area contributed by atoms with Gasteiger partial charge in [-0.15, -0.1) is 0 Å². The summed E-state index contributed by atoms with van der Waals surface area (Å²) in [4.78, 5) is 12.3. The number of nitriles is 1. The van der Waals surface area contributed by atoms with Crippen LogP contribution in [0.1, 0.15) is 15.9 Å². The van der Waals surface area contributed by atoms with Crippen molar-refractivity contribution in [2.24, 2.45) is 0 Å². The Kier molecular flexibility index (Phi) is 4.87. The van der Waals surface area contributed by atoms with Crippen molar-refractivity contribution in [3.63, 3.8) is 0 Å². The van der Waals surface area contributed by atoms with Gasteiger partial charge in [0, 0.05) is 11.6 Å². The average Bonchev–Trinajstić information content (AvgIpc) is 2.55. The molecule has 5 nitrogen and oxygen atoms in total. The van der Waals surface area contributed by atoms with Crippen LogP contribution < -0.4 is 14.8 Å². The predicted octanol–water partition coefficient (Wildman–Crippen LogP) is 3.48. The van der Waals surface area contributed by atoms with E-state index < -0.39 is 0 Å². The van der Waals surface area contributed by atoms with E-state index in [1.165, 1.54) is 20.3 Å². The lowest BCUT2D eigenvalue weighted by Gasteiger charge is -2.13. The summed E-state index contributed by atoms with van der Waals surface area (Å²) in [7, 11) is 2.97. The highest BCUT2D eigenvalue weighted by Crippen LogP contribution is 2.36. The number of nitrogens with one attached hydrogen (secondary N) is 1. The van der Waals surface area contributed by atoms with Gasteiger partial charge in [0.2, 0.25) is 0 Å². The topological polar surface area (TPSA) is 71.3 Å². The number of carbonyl (C=O) groups is 1. The Hall–Kier alpha value is -2.71. The summed E-state index contributed by atoms with van der Waals surface area (Å²) < 4.78 is 10.3. The molecule has 6 heteroatoms. The van der Waals surface area contributed by atoms with Crippen molar-refractivity contribution in [3.05, 3.63) is 52.5 Å². The quantitative estimate of drug-likeness (QED) is 0.937. The SMILES string of the molecule is COc1cc(OC)c(NC(=O)c2cccc(C#N)c2)cc1Cl. The minimum atomic E-state index is -0.364. The van der Waals surface area contributed by atoms with E-state index in [0.717, 1.165) is 0 Å². The molecular formula is C16H13ClN2O3. The first-order valence-electron chi connectivity index (χ1n) is 6.32. The van der Waals surface area contributed by atoms with Crippen LogP contribution >= 0.6 is 11.6 Å². The van der Waals surface area contributed by atoms with Crippen LogP contribution in [0.5, 0.6) is 11.5 Å². The Morgan fingerprint density at radius 3 is 2.55 bits per heavy atom. The molecule has 0 saturated heterocycles. The van der Waals surface area contributed by atoms with Gasteiger partial charge in [-0.3, -0.25) is 4.79 Å². The number of anilines is 1. The number of halogens is 1. The maximum Gasteiger partial charge on any atom is 0.255 e. The molecule has 0 radical (unpaired) electrons. The van der Waals surface area contributed by atoms with Crippen LogP contribution in [0.4, 0.5) is 5.69 Å². The minimum absolute atomic E-state index is 0.351. The van der Waals surface area contributed by atoms with E-state index in [1.807, 2.05) is 6.07 Å². The molecular weight excluding hydrogens is 304 g/mol. The molecule has 0 aliphatic heterocycles. The van der Waals surface area contributed by atoms with E-state index in [-0.39, 0.29) is 5.91 Å². The van der Waals surface area contributed by atoms with Crippen molar-refractivity contribution in [2.75, 3.05) is 19.5 Å². The number of carbonyl (C=O) groups excluding carboxylic acids is 1. The number of ether oxygens (including phenoxy) is 2. The van der Waals surface area contributed by atoms with Gasteiger partial charge in [0.05, 0.1) is 36.6 Å². The summed E-state index contributed by atoms with van der Waals surface area (Å²) >= 11 is 6.06. The van der Waals surface area contributed by atoms with Crippen LogP contribution in [0.2, 0.25) is 5.02 Å². The Morgan fingerprint density at radius 1 is 1.18 bits per heavy atom. The monoisotopic (exact) mass is 316 g/mol. The lowest BCUT2D eigenvalue weighted by atomic mass is 10.1. The molecule has 2 rings (SSSR count). The molecule has 0 aliphatic rings. The fourth-order valence-electron chi connectivity index (χ4n) is 1.88. The van der Waals surface area contributed by atoms with Gasteiger partial charge in [0.1, 0.15) is 11.5 Å². The van der Waals surface area contributed by atoms with Crippen LogP contribution in [0.3, 0.4) is 0 Å². The largest absolute Gasteiger partial charge is 0.495 e. The van der Waals surface area contributed by atoms with Crippen molar-refractivity contribution in [3.8, 4) is 17.6 Å². The van der Waals surface area contributed by atoms with Crippen molar-refractivity contribution in [1.82, 2.24) is 0 Å². The predicted molar refractivity (Wildman–Crippen MR) is 83.7 cm³/mol. The maximum atomic E-state index is 12.3. The molecule has 112 valence electrons. The molecule has 0 aromatic heterocycles. The molecule has 22 heavy (non-hydrogen) atoms. The van der Waals surface area contributed by atoms with Crippen molar-refractivity contribution in [2.45, 2.75) is 0 Å². The van der Waals surface area contributed by atoms with Crippen LogP contribution in [0, 0.1) is 11.3 Å². The Balaban J connectivity index is 2.31. The number of amides is 1. The number of nitrogens with zero attached hydrogens (tertiary/aromatic N) is 1. The zero-order chi connectivity index (χ0) is 16.1. The summed E-state index contributed by atoms with van der Waals surface area (Å²) in [6.45, 7) is 0. The third-order valence-corrected chi connectivity index (χ3v) is 3.27. The molecule has 2 aromatic rings. The smallest absolute Gasteiger partial charge is 0.255 e. The van der Waals surface area contributed by atoms with Crippen LogP contribution in [-0.2, 0) is 0 Å². The third-order valence-electron chi connectivity index (χ3n) is 2.98. The molecule has 0 saturated carbocycles. The van der Waals surface area contributed by atoms with Crippen molar-refractivity contribution >= 4 is 23.2 Å². The van der Waals surface area contributed by atoms with Gasteiger partial charge in [-0.25, -0.2) is 0 Å². The zero-order valence-electron chi connectivity index (χ0n) is 12.0. The Morgan fingerprint density at radius 2 is 1.91 bits per heavy atom. The second-order valence-corrected chi connectivity index (χ2v) is 4.74. The van der Waals surface area contributed by atoms with Gasteiger partial charge in [0.15, 0.2) is 0 Å². The second kappa shape index (κ2) is 6.83. The van der Waals surface area contributed by atoms with Crippen LogP contribution in [0.15, 0.2) is 36.4 Å². The summed E-state index contributed by atoms with van der Waals surface area (Å²) in [5.74, 6) is 0.505. The van der Waals surface area contributed by atoms with Crippen LogP contribution in [-0.4, -0.2) is 20.1 Å². The highest BCUT2D eigenvalue weighted by molar-refractivity contribution is 6.32. The number of hydrogen-bond acceptors (Lipinski definition) is 4. The third kappa shape index (κ3) is 3.30. The van der Waals surface area contributed by atoms with Gasteiger partial charge >= 0.3 is 0 Å². The Bertz CT molecular complexity index is 754. The van der Waals surface area contributed by atoms with E-state index >= 15 is 0 Å². The number of hydrogen-bond donors (Lipinski definition) is 1. The number of benzene rings is 2. The Labute approximate surface area is 133 Å². The molecule has 2 aromatic carbocycles. The molecule has 0 fully saturated rings. The first-order chi connectivity index (χ1) is 10.6. The van der Waals surface area contributed by atoms with Crippen molar-refractivity contribution < 1.29 is 14.3 Å². The molecule has 0 heterocycles. The van der Waals surface area contributed by atoms with E-state index in [4.69, 9.17) is 26.3 Å². The molecule has 0 bridgehead atoms. The highest BCUT2D eigenvalue weighted by atomic mass is 35.5. The highest BCUT2D eigenvalue weighted by Gasteiger charge is 2.14. The lowest BCUT2D eigenvalue weighted by molar-refractivity contribution is 0.102. The summed E-state index contributed by atoms with van der Waals surface area (Å²) in [6, 6.07) is 11.5. The number of rotatable bonds is 4. The first kappa shape index (κ1) is 15.7. The fraction of sp³-hybridized carbons (Fsp3) is 0.125. The molecule has 0 spiro atoms. The molecule has 1 amide bonds. The zero-order valence-corrected chi connectivity index (χ0v) is 12.8. The molecule has 0 atom stereocenters. The van der Waals surface area contributed by atoms with Crippen molar-refractivity contribution in [1.29, 1.82) is 5.26 Å². The first-order valence-corrected chi connectivity index (χ1v) is 6.70. The maximum absolute atomic E-state index is 12.3. The second-order valence-electron chi connectivity index (χ2n) is 4.33. The van der Waals surface area contributed by atoms with E-state index in [9.17, 15) is 4.79 Å². The fourth-order valence-corrected chi connectivity index (χ4v) is 2.12. The summed E-state index contributed by atoms with van der Waals surface area (Å²) in [5, 5.41) is 11.9. The molecule has 0 aliphatic carbocycles. The van der Waals surface area contributed by atoms with Crippen LogP contribution in [0.25, 0.3) is 0 Å². The molecule has 0 unspecified atom stereocenters. The van der Waals surface area contributed by atoms with Gasteiger partial charge in [-0.1, -0.05) is 17.7 Å². The van der Waals surface area contributed by atoms with Gasteiger partial charge in [0.25, 0.3) is 5.91 Å². The molecule has 1 N–H and O–H groups in total. The average molecular weight is 317 g/mol. The standard InChI is InChI=1S/C16H13ClN2O3/c1-21-14-8-15(22-2)13(7-12(14)17)19-16(20)11-5-3-4-10(6-11)9-18/h3-8H,1-2H3,(H,19,20). The summed E-state index contributed by atoms with van der Waals surface area (Å²) in [6.07, 6.45) is 0. The summed E-state index contributed by atoms with van der Waals surface area (Å²) in [5.41, 5.74) is 1.20. The van der Waals surface area contributed by atoms with Gasteiger partial charge in [-0.2, -0.15) is 5.26 Å². The van der Waals surface area contributed by atoms with Gasteiger partial charge < -0.3 is 14.8 Å². The minimum Gasteiger partial charge on any atom is -0.495 e. The van der Waals surface area contributed by atoms with Gasteiger partial charge in [-0.05, 0) is 24.3 Å². The van der Waals surface area contributed by atoms with E-state index in [1.54, 1.807) is 30.3 Å².